The minimum absolute atomic E-state index is 0.0416. The van der Waals surface area contributed by atoms with Crippen LogP contribution in [0.3, 0.4) is 0 Å². The molecule has 0 bridgehead atoms. The van der Waals surface area contributed by atoms with E-state index in [1.165, 1.54) is 29.8 Å². The number of aromatic nitrogens is 3. The van der Waals surface area contributed by atoms with E-state index in [4.69, 9.17) is 9.15 Å². The van der Waals surface area contributed by atoms with Gasteiger partial charge >= 0.3 is 0 Å². The van der Waals surface area contributed by atoms with Crippen LogP contribution in [0, 0.1) is 5.82 Å². The van der Waals surface area contributed by atoms with Gasteiger partial charge in [-0.05, 0) is 24.3 Å². The number of benzene rings is 2. The highest BCUT2D eigenvalue weighted by Crippen LogP contribution is 2.38. The van der Waals surface area contributed by atoms with Gasteiger partial charge in [-0.25, -0.2) is 22.8 Å². The fourth-order valence-electron chi connectivity index (χ4n) is 4.37. The Morgan fingerprint density at radius 1 is 1.11 bits per heavy atom. The van der Waals surface area contributed by atoms with Crippen LogP contribution in [0.2, 0.25) is 0 Å². The molecule has 0 radical (unpaired) electrons. The number of sulfone groups is 1. The Labute approximate surface area is 210 Å². The van der Waals surface area contributed by atoms with E-state index in [1.54, 1.807) is 5.38 Å². The van der Waals surface area contributed by atoms with Gasteiger partial charge in [-0.15, -0.1) is 11.3 Å². The van der Waals surface area contributed by atoms with Crippen molar-refractivity contribution in [2.45, 2.75) is 23.8 Å². The van der Waals surface area contributed by atoms with Gasteiger partial charge in [-0.2, -0.15) is 4.98 Å². The molecule has 184 valence electrons. The molecule has 1 saturated heterocycles. The van der Waals surface area contributed by atoms with Gasteiger partial charge in [-0.1, -0.05) is 18.2 Å². The molecule has 8 nitrogen and oxygen atoms in total. The zero-order valence-electron chi connectivity index (χ0n) is 19.2. The lowest BCUT2D eigenvalue weighted by Gasteiger charge is -2.30. The van der Waals surface area contributed by atoms with Crippen molar-refractivity contribution >= 4 is 48.5 Å². The van der Waals surface area contributed by atoms with E-state index in [9.17, 15) is 12.8 Å². The van der Waals surface area contributed by atoms with Crippen LogP contribution in [-0.2, 0) is 9.84 Å². The molecule has 1 aliphatic rings. The summed E-state index contributed by atoms with van der Waals surface area (Å²) in [4.78, 5) is 15.3. The molecule has 3 aromatic heterocycles. The number of fused-ring (bicyclic) bond motifs is 2. The molecular weight excluding hydrogens is 503 g/mol. The molecule has 1 aliphatic heterocycles. The van der Waals surface area contributed by atoms with Crippen LogP contribution in [0.4, 0.5) is 10.4 Å². The van der Waals surface area contributed by atoms with Gasteiger partial charge in [0.2, 0.25) is 5.88 Å². The van der Waals surface area contributed by atoms with E-state index >= 15 is 0 Å². The predicted octanol–water partition coefficient (Wildman–Crippen LogP) is 5.09. The summed E-state index contributed by atoms with van der Waals surface area (Å²) in [5.74, 6) is -0.157. The van der Waals surface area contributed by atoms with Crippen LogP contribution >= 0.6 is 11.3 Å². The zero-order chi connectivity index (χ0) is 24.9. The van der Waals surface area contributed by atoms with Gasteiger partial charge in [0, 0.05) is 48.7 Å². The first-order valence-electron chi connectivity index (χ1n) is 11.4. The van der Waals surface area contributed by atoms with E-state index in [0.29, 0.717) is 23.0 Å². The highest BCUT2D eigenvalue weighted by Gasteiger charge is 2.26. The largest absolute Gasteiger partial charge is 0.473 e. The van der Waals surface area contributed by atoms with E-state index < -0.39 is 15.7 Å². The molecule has 0 spiro atoms. The summed E-state index contributed by atoms with van der Waals surface area (Å²) in [6, 6.07) is 12.2. The van der Waals surface area contributed by atoms with Crippen molar-refractivity contribution in [3.05, 3.63) is 60.0 Å². The van der Waals surface area contributed by atoms with Crippen molar-refractivity contribution in [1.29, 1.82) is 0 Å². The van der Waals surface area contributed by atoms with Gasteiger partial charge in [0.25, 0.3) is 6.01 Å². The molecule has 4 heterocycles. The monoisotopic (exact) mass is 524 g/mol. The first-order chi connectivity index (χ1) is 17.4. The second-order valence-electron chi connectivity index (χ2n) is 8.69. The van der Waals surface area contributed by atoms with Crippen molar-refractivity contribution in [3.63, 3.8) is 0 Å². The van der Waals surface area contributed by atoms with Gasteiger partial charge in [0.1, 0.15) is 28.5 Å². The standard InChI is InChI=1S/C25H21FN4O4S2/c1-36(31,32)16-6-7-17(19(26)12-16)18-13-35-23-22(18)27-14-28-24(23)33-15-8-10-30(11-9-15)25-29-20-4-2-3-5-21(20)34-25/h2-7,12-15H,8-11H2,1H3. The number of thiophene rings is 1. The minimum Gasteiger partial charge on any atom is -0.473 e. The first-order valence-corrected chi connectivity index (χ1v) is 14.1. The SMILES string of the molecule is CS(=O)(=O)c1ccc(-c2csc3c(OC4CCN(c5nc6ccccc6o5)CC4)ncnc23)c(F)c1. The third kappa shape index (κ3) is 4.18. The van der Waals surface area contributed by atoms with E-state index in [-0.39, 0.29) is 16.6 Å². The number of hydrogen-bond acceptors (Lipinski definition) is 9. The predicted molar refractivity (Wildman–Crippen MR) is 136 cm³/mol. The van der Waals surface area contributed by atoms with Gasteiger partial charge < -0.3 is 14.1 Å². The van der Waals surface area contributed by atoms with Crippen molar-refractivity contribution in [3.8, 4) is 17.0 Å². The maximum atomic E-state index is 14.8. The van der Waals surface area contributed by atoms with Crippen LogP contribution in [0.1, 0.15) is 12.8 Å². The van der Waals surface area contributed by atoms with Crippen LogP contribution < -0.4 is 9.64 Å². The highest BCUT2D eigenvalue weighted by atomic mass is 32.2. The second-order valence-corrected chi connectivity index (χ2v) is 11.6. The summed E-state index contributed by atoms with van der Waals surface area (Å²) in [7, 11) is -3.50. The lowest BCUT2D eigenvalue weighted by Crippen LogP contribution is -2.38. The Morgan fingerprint density at radius 3 is 2.67 bits per heavy atom. The molecule has 0 atom stereocenters. The van der Waals surface area contributed by atoms with Gasteiger partial charge in [0.15, 0.2) is 15.4 Å². The van der Waals surface area contributed by atoms with Gasteiger partial charge in [0.05, 0.1) is 10.4 Å². The molecule has 0 saturated carbocycles. The molecule has 2 aromatic carbocycles. The highest BCUT2D eigenvalue weighted by molar-refractivity contribution is 7.90. The number of rotatable bonds is 5. The molecule has 0 amide bonds. The zero-order valence-corrected chi connectivity index (χ0v) is 20.9. The van der Waals surface area contributed by atoms with Gasteiger partial charge in [-0.3, -0.25) is 0 Å². The smallest absolute Gasteiger partial charge is 0.298 e. The fourth-order valence-corrected chi connectivity index (χ4v) is 5.95. The first kappa shape index (κ1) is 22.9. The van der Waals surface area contributed by atoms with Crippen molar-refractivity contribution in [2.24, 2.45) is 0 Å². The Balaban J connectivity index is 1.20. The topological polar surface area (TPSA) is 98.4 Å². The molecule has 1 fully saturated rings. The average molecular weight is 525 g/mol. The number of oxazole rings is 1. The van der Waals surface area contributed by atoms with E-state index in [0.717, 1.165) is 54.1 Å². The Morgan fingerprint density at radius 2 is 1.92 bits per heavy atom. The Hall–Kier alpha value is -3.57. The molecule has 36 heavy (non-hydrogen) atoms. The summed E-state index contributed by atoms with van der Waals surface area (Å²) < 4.78 is 51.2. The fraction of sp³-hybridized carbons (Fsp3) is 0.240. The molecule has 0 aliphatic carbocycles. The molecule has 0 N–H and O–H groups in total. The van der Waals surface area contributed by atoms with E-state index in [2.05, 4.69) is 19.9 Å². The summed E-state index contributed by atoms with van der Waals surface area (Å²) in [5, 5.41) is 1.79. The maximum absolute atomic E-state index is 14.8. The van der Waals surface area contributed by atoms with Crippen LogP contribution in [0.15, 0.2) is 63.5 Å². The second kappa shape index (κ2) is 8.82. The summed E-state index contributed by atoms with van der Waals surface area (Å²) >= 11 is 1.37. The van der Waals surface area contributed by atoms with E-state index in [1.807, 2.05) is 24.3 Å². The third-order valence-electron chi connectivity index (χ3n) is 6.25. The maximum Gasteiger partial charge on any atom is 0.298 e. The quantitative estimate of drug-likeness (QED) is 0.314. The number of ether oxygens (including phenoxy) is 1. The molecule has 6 rings (SSSR count). The number of anilines is 1. The third-order valence-corrected chi connectivity index (χ3v) is 8.32. The number of piperidine rings is 1. The lowest BCUT2D eigenvalue weighted by atomic mass is 10.1. The molecular formula is C25H21FN4O4S2. The Kier molecular flexibility index (Phi) is 5.60. The molecule has 11 heteroatoms. The number of nitrogens with zero attached hydrogens (tertiary/aromatic N) is 4. The van der Waals surface area contributed by atoms with Crippen molar-refractivity contribution < 1.29 is 22.0 Å². The van der Waals surface area contributed by atoms with Crippen LogP contribution in [-0.4, -0.2) is 48.8 Å². The summed E-state index contributed by atoms with van der Waals surface area (Å²) in [6.45, 7) is 1.47. The average Bonchev–Trinajstić information content (AvgIpc) is 3.49. The lowest BCUT2D eigenvalue weighted by molar-refractivity contribution is 0.165. The molecule has 5 aromatic rings. The Bertz CT molecular complexity index is 1660. The summed E-state index contributed by atoms with van der Waals surface area (Å²) in [6.07, 6.45) is 3.95. The van der Waals surface area contributed by atoms with Crippen LogP contribution in [0.5, 0.6) is 5.88 Å². The molecule has 0 unspecified atom stereocenters. The summed E-state index contributed by atoms with van der Waals surface area (Å²) in [5.41, 5.74) is 3.03. The number of hydrogen-bond donors (Lipinski definition) is 0. The number of halogens is 1. The van der Waals surface area contributed by atoms with Crippen molar-refractivity contribution in [2.75, 3.05) is 24.2 Å². The normalized spacial score (nSPS) is 15.1. The van der Waals surface area contributed by atoms with Crippen molar-refractivity contribution in [1.82, 2.24) is 15.0 Å². The van der Waals surface area contributed by atoms with Crippen LogP contribution in [0.25, 0.3) is 32.4 Å². The number of para-hydroxylation sites is 2. The minimum atomic E-state index is -3.50.